The van der Waals surface area contributed by atoms with E-state index >= 15 is 0 Å². The van der Waals surface area contributed by atoms with E-state index in [9.17, 15) is 0 Å². The monoisotopic (exact) mass is 414 g/mol. The zero-order valence-corrected chi connectivity index (χ0v) is 13.3. The van der Waals surface area contributed by atoms with Crippen molar-refractivity contribution >= 4 is 0 Å². The topological polar surface area (TPSA) is 0 Å². The molecule has 0 saturated heterocycles. The van der Waals surface area contributed by atoms with Gasteiger partial charge in [-0.05, 0) is 0 Å². The van der Waals surface area contributed by atoms with E-state index in [0.29, 0.717) is 0 Å². The number of rotatable bonds is 3. The zero-order valence-electron chi connectivity index (χ0n) is 5.62. The summed E-state index contributed by atoms with van der Waals surface area (Å²) < 4.78 is 0. The first-order chi connectivity index (χ1) is 2.91. The molecule has 46 valence electrons. The second kappa shape index (κ2) is 15.9. The number of halogens is 1. The maximum absolute atomic E-state index is 3.72. The van der Waals surface area contributed by atoms with Gasteiger partial charge in [0.15, 0.2) is 0 Å². The van der Waals surface area contributed by atoms with Crippen LogP contribution in [0.5, 0.6) is 0 Å². The van der Waals surface area contributed by atoms with Gasteiger partial charge in [0.25, 0.3) is 0 Å². The van der Waals surface area contributed by atoms with E-state index < -0.39 is 0 Å². The van der Waals surface area contributed by atoms with E-state index in [1.54, 1.807) is 0 Å². The third kappa shape index (κ3) is 15.6. The van der Waals surface area contributed by atoms with Gasteiger partial charge < -0.3 is 24.0 Å². The molecule has 0 rings (SSSR count). The SMILES string of the molecule is [CH2]CCCCC.[Hg+].[I-]. The normalized spacial score (nSPS) is 6.75. The van der Waals surface area contributed by atoms with Crippen LogP contribution in [0.2, 0.25) is 0 Å². The molecule has 0 amide bonds. The fraction of sp³-hybridized carbons (Fsp3) is 0.833. The van der Waals surface area contributed by atoms with Crippen LogP contribution in [0.1, 0.15) is 32.6 Å². The molecular formula is C6H13HgI. The van der Waals surface area contributed by atoms with Gasteiger partial charge in [-0.25, -0.2) is 0 Å². The van der Waals surface area contributed by atoms with Crippen LogP contribution in [0, 0.1) is 6.92 Å². The van der Waals surface area contributed by atoms with Crippen molar-refractivity contribution in [1.82, 2.24) is 0 Å². The fourth-order valence-corrected chi connectivity index (χ4v) is 0.427. The van der Waals surface area contributed by atoms with Gasteiger partial charge >= 0.3 is 27.7 Å². The molecule has 0 heterocycles. The van der Waals surface area contributed by atoms with Gasteiger partial charge in [-0.15, -0.1) is 0 Å². The summed E-state index contributed by atoms with van der Waals surface area (Å²) in [6, 6.07) is 0. The van der Waals surface area contributed by atoms with Crippen LogP contribution >= 0.6 is 0 Å². The number of unbranched alkanes of at least 4 members (excludes halogenated alkanes) is 3. The molecular weight excluding hydrogens is 400 g/mol. The van der Waals surface area contributed by atoms with Crippen LogP contribution in [-0.2, 0) is 27.7 Å². The minimum Gasteiger partial charge on any atom is -1.00 e. The summed E-state index contributed by atoms with van der Waals surface area (Å²) in [5, 5.41) is 0. The van der Waals surface area contributed by atoms with E-state index in [0.717, 1.165) is 6.42 Å². The van der Waals surface area contributed by atoms with E-state index in [1.165, 1.54) is 19.3 Å². The summed E-state index contributed by atoms with van der Waals surface area (Å²) in [7, 11) is 0. The number of hydrogen-bond donors (Lipinski definition) is 0. The summed E-state index contributed by atoms with van der Waals surface area (Å²) in [5.74, 6) is 0. The summed E-state index contributed by atoms with van der Waals surface area (Å²) in [6.07, 6.45) is 5.07. The summed E-state index contributed by atoms with van der Waals surface area (Å²) >= 11 is 0. The minimum absolute atomic E-state index is 0. The van der Waals surface area contributed by atoms with Crippen LogP contribution in [-0.4, -0.2) is 0 Å². The molecule has 0 atom stereocenters. The first kappa shape index (κ1) is 16.3. The summed E-state index contributed by atoms with van der Waals surface area (Å²) in [6.45, 7) is 5.93. The Hall–Kier alpha value is 1.67. The molecule has 0 aliphatic carbocycles. The van der Waals surface area contributed by atoms with Crippen molar-refractivity contribution in [3.8, 4) is 0 Å². The van der Waals surface area contributed by atoms with Crippen molar-refractivity contribution < 1.29 is 51.6 Å². The molecule has 0 fully saturated rings. The van der Waals surface area contributed by atoms with Crippen molar-refractivity contribution in [2.75, 3.05) is 0 Å². The van der Waals surface area contributed by atoms with E-state index in [-0.39, 0.29) is 51.6 Å². The molecule has 0 aromatic heterocycles. The van der Waals surface area contributed by atoms with Crippen molar-refractivity contribution in [3.63, 3.8) is 0 Å². The van der Waals surface area contributed by atoms with Gasteiger partial charge in [0.05, 0.1) is 0 Å². The van der Waals surface area contributed by atoms with Crippen molar-refractivity contribution in [2.45, 2.75) is 32.6 Å². The molecule has 0 aromatic rings. The Bertz CT molecular complexity index is 20.5. The van der Waals surface area contributed by atoms with Gasteiger partial charge in [-0.2, -0.15) is 0 Å². The molecule has 0 unspecified atom stereocenters. The average Bonchev–Trinajstić information content (AvgIpc) is 1.61. The molecule has 0 aliphatic rings. The Kier molecular flexibility index (Phi) is 32.4. The third-order valence-corrected chi connectivity index (χ3v) is 0.854. The molecule has 8 heavy (non-hydrogen) atoms. The van der Waals surface area contributed by atoms with Crippen molar-refractivity contribution in [2.24, 2.45) is 0 Å². The zero-order chi connectivity index (χ0) is 4.83. The minimum atomic E-state index is 0. The molecule has 0 nitrogen and oxygen atoms in total. The molecule has 0 aromatic carbocycles. The maximum Gasteiger partial charge on any atom is 1.00 e. The molecule has 0 saturated carbocycles. The molecule has 0 aliphatic heterocycles. The van der Waals surface area contributed by atoms with Crippen LogP contribution in [0.15, 0.2) is 0 Å². The third-order valence-electron chi connectivity index (χ3n) is 0.854. The Morgan fingerprint density at radius 1 is 1.25 bits per heavy atom. The summed E-state index contributed by atoms with van der Waals surface area (Å²) in [4.78, 5) is 0. The second-order valence-corrected chi connectivity index (χ2v) is 1.56. The van der Waals surface area contributed by atoms with Gasteiger partial charge in [0.1, 0.15) is 0 Å². The first-order valence-electron chi connectivity index (χ1n) is 2.71. The Labute approximate surface area is 90.3 Å². The second-order valence-electron chi connectivity index (χ2n) is 1.56. The van der Waals surface area contributed by atoms with Crippen molar-refractivity contribution in [3.05, 3.63) is 6.92 Å². The molecule has 0 bridgehead atoms. The van der Waals surface area contributed by atoms with Crippen LogP contribution in [0.25, 0.3) is 0 Å². The first-order valence-corrected chi connectivity index (χ1v) is 2.71. The molecule has 0 spiro atoms. The average molecular weight is 413 g/mol. The molecule has 2 radical (unpaired) electrons. The summed E-state index contributed by atoms with van der Waals surface area (Å²) in [5.41, 5.74) is 0. The maximum atomic E-state index is 3.72. The van der Waals surface area contributed by atoms with Crippen LogP contribution in [0.4, 0.5) is 0 Å². The Balaban J connectivity index is -0.000000125. The quantitative estimate of drug-likeness (QED) is 0.330. The van der Waals surface area contributed by atoms with Crippen LogP contribution in [0.3, 0.4) is 0 Å². The molecule has 0 N–H and O–H groups in total. The van der Waals surface area contributed by atoms with Crippen molar-refractivity contribution in [1.29, 1.82) is 0 Å². The standard InChI is InChI=1S/C6H13.Hg.HI/c1-3-5-6-4-2;;/h1,3-6H2,2H3;;1H/q;+1;/p-1. The van der Waals surface area contributed by atoms with E-state index in [1.807, 2.05) is 0 Å². The van der Waals surface area contributed by atoms with E-state index in [4.69, 9.17) is 0 Å². The molecule has 2 heteroatoms. The fourth-order valence-electron chi connectivity index (χ4n) is 0.427. The Morgan fingerprint density at radius 2 is 1.75 bits per heavy atom. The smallest absolute Gasteiger partial charge is 1.00 e. The Morgan fingerprint density at radius 3 is 1.88 bits per heavy atom. The largest absolute Gasteiger partial charge is 1.00 e. The van der Waals surface area contributed by atoms with Gasteiger partial charge in [0, 0.05) is 0 Å². The van der Waals surface area contributed by atoms with Gasteiger partial charge in [-0.1, -0.05) is 39.5 Å². The predicted molar refractivity (Wildman–Crippen MR) is 29.5 cm³/mol. The van der Waals surface area contributed by atoms with Gasteiger partial charge in [0.2, 0.25) is 0 Å². The van der Waals surface area contributed by atoms with Gasteiger partial charge in [-0.3, -0.25) is 0 Å². The van der Waals surface area contributed by atoms with Crippen LogP contribution < -0.4 is 24.0 Å². The predicted octanol–water partition coefficient (Wildman–Crippen LogP) is -0.598. The number of hydrogen-bond acceptors (Lipinski definition) is 0. The van der Waals surface area contributed by atoms with E-state index in [2.05, 4.69) is 13.8 Å².